The minimum Gasteiger partial charge on any atom is -0.476 e. The molecular weight excluding hydrogens is 398 g/mol. The van der Waals surface area contributed by atoms with Gasteiger partial charge in [0.15, 0.2) is 0 Å². The Kier molecular flexibility index (Phi) is 7.19. The number of primary amides is 1. The van der Waals surface area contributed by atoms with E-state index < -0.39 is 12.0 Å². The third kappa shape index (κ3) is 6.26. The summed E-state index contributed by atoms with van der Waals surface area (Å²) in [5.41, 5.74) is 9.19. The number of carbonyl (C=O) groups is 1. The van der Waals surface area contributed by atoms with Crippen LogP contribution in [-0.4, -0.2) is 44.0 Å². The number of likely N-dealkylation sites (N-methyl/N-ethyl adjacent to an activating group) is 1. The molecule has 0 spiro atoms. The molecule has 0 bridgehead atoms. The smallest absolute Gasteiger partial charge is 0.263 e. The van der Waals surface area contributed by atoms with Crippen molar-refractivity contribution in [1.29, 1.82) is 0 Å². The highest BCUT2D eigenvalue weighted by atomic mass is 16.5. The van der Waals surface area contributed by atoms with Crippen molar-refractivity contribution in [3.05, 3.63) is 59.7 Å². The van der Waals surface area contributed by atoms with Crippen molar-refractivity contribution < 1.29 is 9.53 Å². The Bertz CT molecular complexity index is 890. The van der Waals surface area contributed by atoms with Crippen LogP contribution in [0.5, 0.6) is 5.75 Å². The molecule has 1 unspecified atom stereocenters. The molecule has 2 aromatic rings. The van der Waals surface area contributed by atoms with E-state index in [0.29, 0.717) is 5.75 Å². The number of benzene rings is 2. The van der Waals surface area contributed by atoms with Gasteiger partial charge in [0.1, 0.15) is 5.75 Å². The highest BCUT2D eigenvalue weighted by Gasteiger charge is 2.27. The molecule has 1 saturated heterocycles. The molecule has 1 heterocycles. The van der Waals surface area contributed by atoms with E-state index in [1.54, 1.807) is 0 Å². The molecular formula is C27H39N3O2. The fourth-order valence-corrected chi connectivity index (χ4v) is 4.76. The van der Waals surface area contributed by atoms with Crippen LogP contribution in [0, 0.1) is 5.41 Å². The molecule has 0 radical (unpaired) electrons. The quantitative estimate of drug-likeness (QED) is 0.679. The molecule has 5 heteroatoms. The van der Waals surface area contributed by atoms with Crippen LogP contribution in [0.25, 0.3) is 0 Å². The molecule has 0 saturated carbocycles. The average Bonchev–Trinajstić information content (AvgIpc) is 2.71. The monoisotopic (exact) mass is 437 g/mol. The Morgan fingerprint density at radius 1 is 0.938 bits per heavy atom. The fraction of sp³-hybridized carbons (Fsp3) is 0.519. The van der Waals surface area contributed by atoms with E-state index in [1.165, 1.54) is 5.56 Å². The normalized spacial score (nSPS) is 16.6. The van der Waals surface area contributed by atoms with Gasteiger partial charge in [-0.3, -0.25) is 4.79 Å². The second-order valence-corrected chi connectivity index (χ2v) is 10.9. The largest absolute Gasteiger partial charge is 0.476 e. The Balaban J connectivity index is 1.71. The molecule has 174 valence electrons. The summed E-state index contributed by atoms with van der Waals surface area (Å²) >= 11 is 0. The highest BCUT2D eigenvalue weighted by Crippen LogP contribution is 2.37. The minimum atomic E-state index is -0.815. The zero-order chi connectivity index (χ0) is 23.5. The van der Waals surface area contributed by atoms with Gasteiger partial charge in [-0.2, -0.15) is 0 Å². The van der Waals surface area contributed by atoms with Crippen molar-refractivity contribution in [2.75, 3.05) is 38.1 Å². The molecule has 32 heavy (non-hydrogen) atoms. The molecule has 1 aliphatic heterocycles. The number of amides is 1. The van der Waals surface area contributed by atoms with Gasteiger partial charge < -0.3 is 20.3 Å². The first-order valence-corrected chi connectivity index (χ1v) is 11.5. The van der Waals surface area contributed by atoms with E-state index in [1.807, 2.05) is 24.3 Å². The maximum atomic E-state index is 12.2. The van der Waals surface area contributed by atoms with E-state index >= 15 is 0 Å². The number of carbonyl (C=O) groups excluding carboxylic acids is 1. The Labute approximate surface area is 193 Å². The number of anilines is 1. The van der Waals surface area contributed by atoms with Crippen molar-refractivity contribution in [2.24, 2.45) is 11.1 Å². The lowest BCUT2D eigenvalue weighted by molar-refractivity contribution is -0.125. The Morgan fingerprint density at radius 2 is 1.50 bits per heavy atom. The maximum Gasteiger partial charge on any atom is 0.263 e. The van der Waals surface area contributed by atoms with E-state index in [4.69, 9.17) is 10.5 Å². The predicted molar refractivity (Wildman–Crippen MR) is 132 cm³/mol. The van der Waals surface area contributed by atoms with E-state index in [-0.39, 0.29) is 10.8 Å². The highest BCUT2D eigenvalue weighted by molar-refractivity contribution is 5.81. The standard InChI is InChI=1S/C27H39N3O2/c1-26(2,3)19-27(4,5)21-9-13-23(14-10-21)32-24(25(28)31)20-7-11-22(12-8-20)30-17-15-29(6)16-18-30/h7-14,24H,15-19H2,1-6H3,(H2,28,31). The molecule has 1 amide bonds. The number of hydrogen-bond acceptors (Lipinski definition) is 4. The maximum absolute atomic E-state index is 12.2. The zero-order valence-corrected chi connectivity index (χ0v) is 20.5. The summed E-state index contributed by atoms with van der Waals surface area (Å²) in [5, 5.41) is 0. The van der Waals surface area contributed by atoms with Crippen LogP contribution < -0.4 is 15.4 Å². The predicted octanol–water partition coefficient (Wildman–Crippen LogP) is 4.76. The Hall–Kier alpha value is -2.53. The van der Waals surface area contributed by atoms with Crippen LogP contribution in [0.1, 0.15) is 58.3 Å². The summed E-state index contributed by atoms with van der Waals surface area (Å²) in [7, 11) is 2.15. The van der Waals surface area contributed by atoms with Crippen molar-refractivity contribution in [3.8, 4) is 5.75 Å². The first-order valence-electron chi connectivity index (χ1n) is 11.5. The van der Waals surface area contributed by atoms with Crippen LogP contribution >= 0.6 is 0 Å². The number of ether oxygens (including phenoxy) is 1. The summed E-state index contributed by atoms with van der Waals surface area (Å²) < 4.78 is 6.04. The van der Waals surface area contributed by atoms with Crippen LogP contribution in [-0.2, 0) is 10.2 Å². The van der Waals surface area contributed by atoms with Crippen molar-refractivity contribution in [2.45, 2.75) is 52.6 Å². The van der Waals surface area contributed by atoms with Gasteiger partial charge in [0.25, 0.3) is 5.91 Å². The second-order valence-electron chi connectivity index (χ2n) is 10.9. The molecule has 1 aliphatic rings. The summed E-state index contributed by atoms with van der Waals surface area (Å²) in [6, 6.07) is 16.1. The third-order valence-corrected chi connectivity index (χ3v) is 6.18. The molecule has 1 fully saturated rings. The third-order valence-electron chi connectivity index (χ3n) is 6.18. The average molecular weight is 438 g/mol. The summed E-state index contributed by atoms with van der Waals surface area (Å²) in [6.45, 7) is 15.4. The SMILES string of the molecule is CN1CCN(c2ccc(C(Oc3ccc(C(C)(C)CC(C)(C)C)cc3)C(N)=O)cc2)CC1. The molecule has 1 atom stereocenters. The van der Waals surface area contributed by atoms with Gasteiger partial charge in [0.2, 0.25) is 6.10 Å². The topological polar surface area (TPSA) is 58.8 Å². The summed E-state index contributed by atoms with van der Waals surface area (Å²) in [4.78, 5) is 16.9. The number of rotatable bonds is 7. The second kappa shape index (κ2) is 9.53. The molecule has 5 nitrogen and oxygen atoms in total. The van der Waals surface area contributed by atoms with Gasteiger partial charge in [0.05, 0.1) is 0 Å². The molecule has 0 aliphatic carbocycles. The van der Waals surface area contributed by atoms with E-state index in [2.05, 4.69) is 75.7 Å². The lowest BCUT2D eigenvalue weighted by Crippen LogP contribution is -2.44. The van der Waals surface area contributed by atoms with Gasteiger partial charge >= 0.3 is 0 Å². The Morgan fingerprint density at radius 3 is 2.00 bits per heavy atom. The van der Waals surface area contributed by atoms with Crippen LogP contribution in [0.15, 0.2) is 48.5 Å². The molecule has 2 aromatic carbocycles. The number of piperazine rings is 1. The fourth-order valence-electron chi connectivity index (χ4n) is 4.76. The van der Waals surface area contributed by atoms with Crippen molar-refractivity contribution >= 4 is 11.6 Å². The number of nitrogens with zero attached hydrogens (tertiary/aromatic N) is 2. The summed E-state index contributed by atoms with van der Waals surface area (Å²) in [6.07, 6.45) is 0.258. The van der Waals surface area contributed by atoms with Crippen molar-refractivity contribution in [1.82, 2.24) is 4.90 Å². The first-order chi connectivity index (χ1) is 14.9. The van der Waals surface area contributed by atoms with Gasteiger partial charge in [0, 0.05) is 37.4 Å². The van der Waals surface area contributed by atoms with E-state index in [0.717, 1.165) is 43.9 Å². The van der Waals surface area contributed by atoms with E-state index in [9.17, 15) is 4.79 Å². The summed E-state index contributed by atoms with van der Waals surface area (Å²) in [5.74, 6) is 0.154. The van der Waals surface area contributed by atoms with Gasteiger partial charge in [-0.05, 0) is 54.1 Å². The van der Waals surface area contributed by atoms with Gasteiger partial charge in [-0.1, -0.05) is 58.9 Å². The number of hydrogen-bond donors (Lipinski definition) is 1. The van der Waals surface area contributed by atoms with Crippen LogP contribution in [0.2, 0.25) is 0 Å². The molecule has 3 rings (SSSR count). The number of nitrogens with two attached hydrogens (primary N) is 1. The molecule has 2 N–H and O–H groups in total. The minimum absolute atomic E-state index is 0.0545. The first kappa shape index (κ1) is 24.1. The van der Waals surface area contributed by atoms with Crippen LogP contribution in [0.3, 0.4) is 0 Å². The van der Waals surface area contributed by atoms with Gasteiger partial charge in [-0.25, -0.2) is 0 Å². The lowest BCUT2D eigenvalue weighted by atomic mass is 9.72. The zero-order valence-electron chi connectivity index (χ0n) is 20.5. The lowest BCUT2D eigenvalue weighted by Gasteiger charge is -2.34. The molecule has 0 aromatic heterocycles. The van der Waals surface area contributed by atoms with Crippen molar-refractivity contribution in [3.63, 3.8) is 0 Å². The van der Waals surface area contributed by atoms with Gasteiger partial charge in [-0.15, -0.1) is 0 Å². The van der Waals surface area contributed by atoms with Crippen LogP contribution in [0.4, 0.5) is 5.69 Å².